The molecule has 4 aromatic rings. The second kappa shape index (κ2) is 14.9. The molecule has 2 fully saturated rings. The van der Waals surface area contributed by atoms with E-state index in [4.69, 9.17) is 16.3 Å². The fourth-order valence-corrected chi connectivity index (χ4v) is 6.50. The largest absolute Gasteiger partial charge is 0.478 e. The fraction of sp³-hybridized carbons (Fsp3) is 0.371. The number of fused-ring (bicyclic) bond motifs is 1. The highest BCUT2D eigenvalue weighted by Gasteiger charge is 2.28. The molecule has 49 heavy (non-hydrogen) atoms. The van der Waals surface area contributed by atoms with Crippen molar-refractivity contribution in [1.82, 2.24) is 25.2 Å². The summed E-state index contributed by atoms with van der Waals surface area (Å²) in [6, 6.07) is 15.4. The molecule has 13 nitrogen and oxygen atoms in total. The van der Waals surface area contributed by atoms with Crippen molar-refractivity contribution in [1.29, 1.82) is 0 Å². The molecule has 0 spiro atoms. The van der Waals surface area contributed by atoms with Gasteiger partial charge in [0.25, 0.3) is 11.5 Å². The normalized spacial score (nSPS) is 19.2. The first-order valence-corrected chi connectivity index (χ1v) is 16.8. The van der Waals surface area contributed by atoms with Crippen LogP contribution in [0.3, 0.4) is 0 Å². The van der Waals surface area contributed by atoms with E-state index in [1.54, 1.807) is 19.3 Å². The number of imide groups is 1. The van der Waals surface area contributed by atoms with Gasteiger partial charge in [0, 0.05) is 49.9 Å². The Hall–Kier alpha value is -5.17. The molecule has 0 bridgehead atoms. The molecule has 6 rings (SSSR count). The molecule has 14 heteroatoms. The van der Waals surface area contributed by atoms with Gasteiger partial charge in [0.1, 0.15) is 5.02 Å². The molecule has 1 saturated heterocycles. The average molecular weight is 687 g/mol. The number of aromatic nitrogens is 3. The Bertz CT molecular complexity index is 1940. The lowest BCUT2D eigenvalue weighted by molar-refractivity contribution is -0.134. The van der Waals surface area contributed by atoms with Crippen LogP contribution in [0.4, 0.5) is 23.1 Å². The van der Waals surface area contributed by atoms with E-state index in [2.05, 4.69) is 36.6 Å². The fourth-order valence-electron chi connectivity index (χ4n) is 6.37. The quantitative estimate of drug-likeness (QED) is 0.142. The van der Waals surface area contributed by atoms with Crippen LogP contribution in [0.5, 0.6) is 5.75 Å². The standard InChI is InChI=1S/C35H39ClN8O5/c1-37-31(46)19-49-29-16-22-15-25(10-12-28(22)44(2)34(29)48)41-32-27(36)18-39-35(43-32)38-17-20-6-8-23(9-7-20)40-24-5-3-4-21(14-24)26-11-13-30(45)42-33(26)47/h3-5,10,12,14-16,18,20,23,26,40H,6-9,11,13,17,19H2,1-2H3,(H,37,46)(H,42,45,47)(H2,38,39,41,43). The molecule has 1 atom stereocenters. The van der Waals surface area contributed by atoms with Gasteiger partial charge in [-0.1, -0.05) is 23.7 Å². The van der Waals surface area contributed by atoms with Crippen molar-refractivity contribution in [3.8, 4) is 5.75 Å². The number of aryl methyl sites for hydroxylation is 1. The van der Waals surface area contributed by atoms with Gasteiger partial charge in [-0.05, 0) is 80.0 Å². The molecular weight excluding hydrogens is 648 g/mol. The predicted octanol–water partition coefficient (Wildman–Crippen LogP) is 4.45. The summed E-state index contributed by atoms with van der Waals surface area (Å²) >= 11 is 6.46. The summed E-state index contributed by atoms with van der Waals surface area (Å²) in [5.41, 5.74) is 2.97. The van der Waals surface area contributed by atoms with E-state index >= 15 is 0 Å². The zero-order valence-corrected chi connectivity index (χ0v) is 28.1. The Morgan fingerprint density at radius 2 is 1.86 bits per heavy atom. The van der Waals surface area contributed by atoms with Crippen LogP contribution in [-0.4, -0.2) is 58.5 Å². The van der Waals surface area contributed by atoms with Gasteiger partial charge in [-0.15, -0.1) is 0 Å². The number of likely N-dealkylation sites (N-methyl/N-ethyl adjacent to an activating group) is 1. The Morgan fingerprint density at radius 3 is 2.63 bits per heavy atom. The molecular formula is C35H39ClN8O5. The van der Waals surface area contributed by atoms with Crippen LogP contribution >= 0.6 is 11.6 Å². The molecule has 2 aromatic heterocycles. The minimum atomic E-state index is -0.340. The molecule has 1 aliphatic carbocycles. The summed E-state index contributed by atoms with van der Waals surface area (Å²) in [7, 11) is 3.15. The molecule has 256 valence electrons. The summed E-state index contributed by atoms with van der Waals surface area (Å²) in [4.78, 5) is 57.2. The lowest BCUT2D eigenvalue weighted by Gasteiger charge is -2.30. The smallest absolute Gasteiger partial charge is 0.293 e. The van der Waals surface area contributed by atoms with Gasteiger partial charge >= 0.3 is 0 Å². The van der Waals surface area contributed by atoms with Gasteiger partial charge < -0.3 is 30.6 Å². The number of rotatable bonds is 11. The van der Waals surface area contributed by atoms with Crippen molar-refractivity contribution in [3.05, 3.63) is 75.7 Å². The number of halogens is 1. The number of piperidine rings is 1. The Labute approximate surface area is 288 Å². The minimum absolute atomic E-state index is 0.0751. The Morgan fingerprint density at radius 1 is 1.04 bits per heavy atom. The molecule has 2 aromatic carbocycles. The first kappa shape index (κ1) is 33.7. The molecule has 1 aliphatic heterocycles. The zero-order valence-electron chi connectivity index (χ0n) is 27.3. The predicted molar refractivity (Wildman–Crippen MR) is 189 cm³/mol. The highest BCUT2D eigenvalue weighted by Crippen LogP contribution is 2.31. The highest BCUT2D eigenvalue weighted by atomic mass is 35.5. The van der Waals surface area contributed by atoms with Crippen LogP contribution in [0, 0.1) is 5.92 Å². The number of carbonyl (C=O) groups is 3. The van der Waals surface area contributed by atoms with Crippen LogP contribution in [0.25, 0.3) is 10.9 Å². The molecule has 0 radical (unpaired) electrons. The topological polar surface area (TPSA) is 168 Å². The lowest BCUT2D eigenvalue weighted by Crippen LogP contribution is -2.39. The monoisotopic (exact) mass is 686 g/mol. The maximum Gasteiger partial charge on any atom is 0.293 e. The van der Waals surface area contributed by atoms with Gasteiger partial charge in [0.15, 0.2) is 18.2 Å². The van der Waals surface area contributed by atoms with E-state index in [1.165, 1.54) is 11.6 Å². The third-order valence-electron chi connectivity index (χ3n) is 9.13. The van der Waals surface area contributed by atoms with Crippen LogP contribution < -0.4 is 36.9 Å². The molecule has 5 N–H and O–H groups in total. The second-order valence-corrected chi connectivity index (χ2v) is 12.9. The SMILES string of the molecule is CNC(=O)COc1cc2cc(Nc3nc(NCC4CCC(Nc5cccc(C6CCC(=O)NC6=O)c5)CC4)ncc3Cl)ccc2n(C)c1=O. The van der Waals surface area contributed by atoms with Gasteiger partial charge in [-0.3, -0.25) is 24.5 Å². The molecule has 3 heterocycles. The summed E-state index contributed by atoms with van der Waals surface area (Å²) in [6.45, 7) is 0.462. The van der Waals surface area contributed by atoms with Crippen molar-refractivity contribution < 1.29 is 19.1 Å². The van der Waals surface area contributed by atoms with E-state index in [1.807, 2.05) is 42.5 Å². The van der Waals surface area contributed by atoms with Crippen LogP contribution in [0.2, 0.25) is 5.02 Å². The highest BCUT2D eigenvalue weighted by molar-refractivity contribution is 6.32. The number of nitrogens with zero attached hydrogens (tertiary/aromatic N) is 3. The molecule has 1 unspecified atom stereocenters. The van der Waals surface area contributed by atoms with Gasteiger partial charge in [0.2, 0.25) is 17.8 Å². The summed E-state index contributed by atoms with van der Waals surface area (Å²) in [6.07, 6.45) is 6.53. The number of carbonyl (C=O) groups excluding carboxylic acids is 3. The third-order valence-corrected chi connectivity index (χ3v) is 9.41. The van der Waals surface area contributed by atoms with E-state index in [0.717, 1.165) is 48.9 Å². The Kier molecular flexibility index (Phi) is 10.3. The van der Waals surface area contributed by atoms with Crippen molar-refractivity contribution in [3.63, 3.8) is 0 Å². The number of benzene rings is 2. The number of amides is 3. The minimum Gasteiger partial charge on any atom is -0.478 e. The Balaban J connectivity index is 1.03. The van der Waals surface area contributed by atoms with Crippen molar-refractivity contribution in [2.75, 3.05) is 36.1 Å². The number of nitrogens with one attached hydrogen (secondary N) is 5. The maximum atomic E-state index is 12.7. The van der Waals surface area contributed by atoms with E-state index in [9.17, 15) is 19.2 Å². The maximum absolute atomic E-state index is 12.7. The van der Waals surface area contributed by atoms with Gasteiger partial charge in [-0.25, -0.2) is 4.98 Å². The van der Waals surface area contributed by atoms with Crippen LogP contribution in [0.1, 0.15) is 50.0 Å². The molecule has 1 saturated carbocycles. The first-order valence-electron chi connectivity index (χ1n) is 16.4. The van der Waals surface area contributed by atoms with Gasteiger partial charge in [-0.2, -0.15) is 4.98 Å². The summed E-state index contributed by atoms with van der Waals surface area (Å²) < 4.78 is 6.95. The number of ether oxygens (including phenoxy) is 1. The number of pyridine rings is 1. The van der Waals surface area contributed by atoms with Crippen molar-refractivity contribution >= 4 is 63.4 Å². The van der Waals surface area contributed by atoms with Crippen LogP contribution in [0.15, 0.2) is 59.5 Å². The molecule has 2 aliphatic rings. The number of hydrogen-bond acceptors (Lipinski definition) is 10. The number of hydrogen-bond donors (Lipinski definition) is 5. The number of anilines is 4. The van der Waals surface area contributed by atoms with Crippen LogP contribution in [-0.2, 0) is 21.4 Å². The summed E-state index contributed by atoms with van der Waals surface area (Å²) in [5, 5.41) is 16.3. The van der Waals surface area contributed by atoms with E-state index in [-0.39, 0.29) is 41.6 Å². The molecule has 3 amide bonds. The second-order valence-electron chi connectivity index (χ2n) is 12.5. The third kappa shape index (κ3) is 8.11. The van der Waals surface area contributed by atoms with Gasteiger partial charge in [0.05, 0.1) is 17.6 Å². The first-order chi connectivity index (χ1) is 23.7. The summed E-state index contributed by atoms with van der Waals surface area (Å²) in [5.74, 6) is 0.362. The van der Waals surface area contributed by atoms with Crippen molar-refractivity contribution in [2.45, 2.75) is 50.5 Å². The van der Waals surface area contributed by atoms with Crippen molar-refractivity contribution in [2.24, 2.45) is 13.0 Å². The average Bonchev–Trinajstić information content (AvgIpc) is 3.10. The van der Waals surface area contributed by atoms with E-state index in [0.29, 0.717) is 52.8 Å². The van der Waals surface area contributed by atoms with E-state index < -0.39 is 0 Å². The zero-order chi connectivity index (χ0) is 34.5. The lowest BCUT2D eigenvalue weighted by atomic mass is 9.85.